The predicted molar refractivity (Wildman–Crippen MR) is 92.4 cm³/mol. The van der Waals surface area contributed by atoms with Crippen molar-refractivity contribution in [1.82, 2.24) is 5.32 Å². The zero-order chi connectivity index (χ0) is 17.1. The summed E-state index contributed by atoms with van der Waals surface area (Å²) in [6.45, 7) is 2.49. The van der Waals surface area contributed by atoms with E-state index in [0.29, 0.717) is 24.3 Å². The standard InChI is InChI=1S/C19H20N2O3/c1-13-6-5-7-14(12-13)18(22)20-15-10-11-21(19(15)23)16-8-3-4-9-17(16)24-2/h3-9,12,15H,10-11H2,1-2H3,(H,20,22). The number of carbonyl (C=O) groups excluding carboxylic acids is 2. The molecule has 2 amide bonds. The lowest BCUT2D eigenvalue weighted by Gasteiger charge is -2.19. The largest absolute Gasteiger partial charge is 0.495 e. The van der Waals surface area contributed by atoms with Crippen molar-refractivity contribution in [2.45, 2.75) is 19.4 Å². The van der Waals surface area contributed by atoms with Crippen molar-refractivity contribution in [3.05, 3.63) is 59.7 Å². The summed E-state index contributed by atoms with van der Waals surface area (Å²) >= 11 is 0. The molecule has 0 radical (unpaired) electrons. The molecule has 0 aromatic heterocycles. The monoisotopic (exact) mass is 324 g/mol. The number of anilines is 1. The number of nitrogens with zero attached hydrogens (tertiary/aromatic N) is 1. The summed E-state index contributed by atoms with van der Waals surface area (Å²) in [7, 11) is 1.58. The van der Waals surface area contributed by atoms with E-state index in [9.17, 15) is 9.59 Å². The van der Waals surface area contributed by atoms with Crippen LogP contribution in [0, 0.1) is 6.92 Å². The minimum absolute atomic E-state index is 0.111. The molecule has 5 nitrogen and oxygen atoms in total. The van der Waals surface area contributed by atoms with Gasteiger partial charge in [-0.3, -0.25) is 9.59 Å². The molecular formula is C19H20N2O3. The average Bonchev–Trinajstić information content (AvgIpc) is 2.95. The number of rotatable bonds is 4. The first kappa shape index (κ1) is 16.1. The molecule has 2 aromatic carbocycles. The Morgan fingerprint density at radius 1 is 1.21 bits per heavy atom. The Balaban J connectivity index is 1.73. The number of ether oxygens (including phenoxy) is 1. The minimum Gasteiger partial charge on any atom is -0.495 e. The average molecular weight is 324 g/mol. The van der Waals surface area contributed by atoms with Gasteiger partial charge >= 0.3 is 0 Å². The van der Waals surface area contributed by atoms with Crippen molar-refractivity contribution in [2.75, 3.05) is 18.6 Å². The Morgan fingerprint density at radius 3 is 2.75 bits per heavy atom. The second-order valence-corrected chi connectivity index (χ2v) is 5.85. The van der Waals surface area contributed by atoms with Crippen molar-refractivity contribution < 1.29 is 14.3 Å². The highest BCUT2D eigenvalue weighted by molar-refractivity contribution is 6.04. The summed E-state index contributed by atoms with van der Waals surface area (Å²) in [6, 6.07) is 14.2. The molecule has 24 heavy (non-hydrogen) atoms. The van der Waals surface area contributed by atoms with Gasteiger partial charge in [-0.25, -0.2) is 0 Å². The van der Waals surface area contributed by atoms with Gasteiger partial charge in [0.1, 0.15) is 11.8 Å². The van der Waals surface area contributed by atoms with Gasteiger partial charge in [-0.1, -0.05) is 29.8 Å². The minimum atomic E-state index is -0.511. The quantitative estimate of drug-likeness (QED) is 0.940. The molecule has 1 atom stereocenters. The molecule has 124 valence electrons. The fourth-order valence-electron chi connectivity index (χ4n) is 2.93. The van der Waals surface area contributed by atoms with E-state index in [1.165, 1.54) is 0 Å². The predicted octanol–water partition coefficient (Wildman–Crippen LogP) is 2.54. The van der Waals surface area contributed by atoms with Crippen molar-refractivity contribution >= 4 is 17.5 Å². The van der Waals surface area contributed by atoms with Crippen LogP contribution in [0.25, 0.3) is 0 Å². The number of methoxy groups -OCH3 is 1. The highest BCUT2D eigenvalue weighted by Crippen LogP contribution is 2.31. The number of benzene rings is 2. The fraction of sp³-hybridized carbons (Fsp3) is 0.263. The van der Waals surface area contributed by atoms with Crippen LogP contribution in [-0.4, -0.2) is 31.5 Å². The first-order valence-corrected chi connectivity index (χ1v) is 7.92. The lowest BCUT2D eigenvalue weighted by Crippen LogP contribution is -2.41. The molecule has 2 aromatic rings. The number of hydrogen-bond acceptors (Lipinski definition) is 3. The molecule has 1 fully saturated rings. The van der Waals surface area contributed by atoms with E-state index in [4.69, 9.17) is 4.74 Å². The van der Waals surface area contributed by atoms with Gasteiger partial charge in [0.15, 0.2) is 0 Å². The number of amides is 2. The van der Waals surface area contributed by atoms with Gasteiger partial charge in [0.2, 0.25) is 5.91 Å². The SMILES string of the molecule is COc1ccccc1N1CCC(NC(=O)c2cccc(C)c2)C1=O. The number of carbonyl (C=O) groups is 2. The Bertz CT molecular complexity index is 773. The Labute approximate surface area is 141 Å². The smallest absolute Gasteiger partial charge is 0.251 e. The van der Waals surface area contributed by atoms with Crippen molar-refractivity contribution in [3.63, 3.8) is 0 Å². The topological polar surface area (TPSA) is 58.6 Å². The summed E-state index contributed by atoms with van der Waals surface area (Å²) < 4.78 is 5.32. The lowest BCUT2D eigenvalue weighted by atomic mass is 10.1. The number of hydrogen-bond donors (Lipinski definition) is 1. The molecular weight excluding hydrogens is 304 g/mol. The van der Waals surface area contributed by atoms with Gasteiger partial charge in [0, 0.05) is 12.1 Å². The second-order valence-electron chi connectivity index (χ2n) is 5.85. The fourth-order valence-corrected chi connectivity index (χ4v) is 2.93. The van der Waals surface area contributed by atoms with Gasteiger partial charge in [-0.2, -0.15) is 0 Å². The maximum absolute atomic E-state index is 12.7. The molecule has 1 aliphatic rings. The van der Waals surface area contributed by atoms with Crippen molar-refractivity contribution in [2.24, 2.45) is 0 Å². The van der Waals surface area contributed by atoms with Crippen LogP contribution in [-0.2, 0) is 4.79 Å². The van der Waals surface area contributed by atoms with Gasteiger partial charge < -0.3 is 15.0 Å². The molecule has 3 rings (SSSR count). The van der Waals surface area contributed by atoms with E-state index in [0.717, 1.165) is 11.3 Å². The molecule has 0 spiro atoms. The highest BCUT2D eigenvalue weighted by atomic mass is 16.5. The highest BCUT2D eigenvalue weighted by Gasteiger charge is 2.34. The second kappa shape index (κ2) is 6.74. The third-order valence-electron chi connectivity index (χ3n) is 4.17. The van der Waals surface area contributed by atoms with Gasteiger partial charge in [-0.05, 0) is 37.6 Å². The third kappa shape index (κ3) is 3.11. The number of para-hydroxylation sites is 2. The van der Waals surface area contributed by atoms with Crippen LogP contribution < -0.4 is 15.0 Å². The van der Waals surface area contributed by atoms with E-state index in [1.54, 1.807) is 18.1 Å². The van der Waals surface area contributed by atoms with Crippen LogP contribution in [0.5, 0.6) is 5.75 Å². The van der Waals surface area contributed by atoms with Gasteiger partial charge in [0.05, 0.1) is 12.8 Å². The summed E-state index contributed by atoms with van der Waals surface area (Å²) in [6.07, 6.45) is 0.578. The van der Waals surface area contributed by atoms with Gasteiger partial charge in [-0.15, -0.1) is 0 Å². The number of nitrogens with one attached hydrogen (secondary N) is 1. The maximum Gasteiger partial charge on any atom is 0.251 e. The molecule has 5 heteroatoms. The normalized spacial score (nSPS) is 17.0. The maximum atomic E-state index is 12.7. The summed E-state index contributed by atoms with van der Waals surface area (Å²) in [5.41, 5.74) is 2.31. The van der Waals surface area contributed by atoms with Crippen LogP contribution in [0.4, 0.5) is 5.69 Å². The molecule has 0 bridgehead atoms. The Hall–Kier alpha value is -2.82. The van der Waals surface area contributed by atoms with Crippen LogP contribution in [0.3, 0.4) is 0 Å². The van der Waals surface area contributed by atoms with E-state index in [-0.39, 0.29) is 11.8 Å². The third-order valence-corrected chi connectivity index (χ3v) is 4.17. The zero-order valence-corrected chi connectivity index (χ0v) is 13.8. The Morgan fingerprint density at radius 2 is 2.00 bits per heavy atom. The van der Waals surface area contributed by atoms with Crippen LogP contribution in [0.2, 0.25) is 0 Å². The van der Waals surface area contributed by atoms with Crippen molar-refractivity contribution in [1.29, 1.82) is 0 Å². The molecule has 1 N–H and O–H groups in total. The zero-order valence-electron chi connectivity index (χ0n) is 13.8. The molecule has 1 saturated heterocycles. The molecule has 0 aliphatic carbocycles. The van der Waals surface area contributed by atoms with E-state index in [1.807, 2.05) is 49.4 Å². The molecule has 0 saturated carbocycles. The summed E-state index contributed by atoms with van der Waals surface area (Å²) in [5.74, 6) is 0.316. The summed E-state index contributed by atoms with van der Waals surface area (Å²) in [5, 5.41) is 2.84. The molecule has 1 unspecified atom stereocenters. The first-order chi connectivity index (χ1) is 11.6. The molecule has 1 aliphatic heterocycles. The molecule has 1 heterocycles. The van der Waals surface area contributed by atoms with Crippen LogP contribution in [0.15, 0.2) is 48.5 Å². The summed E-state index contributed by atoms with van der Waals surface area (Å²) in [4.78, 5) is 26.7. The van der Waals surface area contributed by atoms with E-state index in [2.05, 4.69) is 5.32 Å². The van der Waals surface area contributed by atoms with Crippen molar-refractivity contribution in [3.8, 4) is 5.75 Å². The van der Waals surface area contributed by atoms with Gasteiger partial charge in [0.25, 0.3) is 5.91 Å². The first-order valence-electron chi connectivity index (χ1n) is 7.92. The van der Waals surface area contributed by atoms with E-state index < -0.39 is 6.04 Å². The van der Waals surface area contributed by atoms with Crippen LogP contribution >= 0.6 is 0 Å². The Kier molecular flexibility index (Phi) is 4.51. The van der Waals surface area contributed by atoms with E-state index >= 15 is 0 Å². The van der Waals surface area contributed by atoms with Crippen LogP contribution in [0.1, 0.15) is 22.3 Å². The lowest BCUT2D eigenvalue weighted by molar-refractivity contribution is -0.118. The number of aryl methyl sites for hydroxylation is 1.